The summed E-state index contributed by atoms with van der Waals surface area (Å²) in [5.41, 5.74) is 5.67. The molecule has 1 rings (SSSR count). The summed E-state index contributed by atoms with van der Waals surface area (Å²) in [6, 6.07) is -1.25. The van der Waals surface area contributed by atoms with E-state index in [2.05, 4.69) is 0 Å². The Kier molecular flexibility index (Phi) is 6.86. The van der Waals surface area contributed by atoms with Crippen molar-refractivity contribution >= 4 is 11.9 Å². The van der Waals surface area contributed by atoms with Crippen LogP contribution >= 0.6 is 0 Å². The zero-order valence-corrected chi connectivity index (χ0v) is 12.7. The molecule has 0 radical (unpaired) electrons. The number of nitrogens with two attached hydrogens (primary N) is 1. The number of esters is 1. The molecule has 10 heteroatoms. The largest absolute Gasteiger partial charge is 0.476 e. The number of ether oxygens (including phenoxy) is 2. The van der Waals surface area contributed by atoms with Crippen LogP contribution in [0.15, 0.2) is 0 Å². The van der Waals surface area contributed by atoms with Gasteiger partial charge in [-0.25, -0.2) is 4.79 Å². The second kappa shape index (κ2) is 7.99. The lowest BCUT2D eigenvalue weighted by Gasteiger charge is -2.44. The summed E-state index contributed by atoms with van der Waals surface area (Å²) >= 11 is 0. The molecule has 1 aliphatic heterocycles. The van der Waals surface area contributed by atoms with E-state index >= 15 is 0 Å². The molecule has 0 aromatic rings. The van der Waals surface area contributed by atoms with E-state index in [0.29, 0.717) is 6.42 Å². The van der Waals surface area contributed by atoms with Gasteiger partial charge in [-0.05, 0) is 6.42 Å². The van der Waals surface area contributed by atoms with Crippen LogP contribution in [0.4, 0.5) is 0 Å². The van der Waals surface area contributed by atoms with Crippen molar-refractivity contribution in [2.24, 2.45) is 5.73 Å². The van der Waals surface area contributed by atoms with E-state index in [9.17, 15) is 30.0 Å². The lowest BCUT2D eigenvalue weighted by atomic mass is 9.89. The first kappa shape index (κ1) is 19.7. The molecule has 7 N–H and O–H groups in total. The van der Waals surface area contributed by atoms with Crippen molar-refractivity contribution in [3.8, 4) is 0 Å². The Morgan fingerprint density at radius 2 is 2.04 bits per heavy atom. The maximum atomic E-state index is 11.6. The molecule has 0 bridgehead atoms. The number of aliphatic carboxylic acids is 1. The van der Waals surface area contributed by atoms with E-state index in [1.54, 1.807) is 6.92 Å². The summed E-state index contributed by atoms with van der Waals surface area (Å²) in [5.74, 6) is -5.06. The predicted molar refractivity (Wildman–Crippen MR) is 73.9 cm³/mol. The highest BCUT2D eigenvalue weighted by molar-refractivity contribution is 5.80. The van der Waals surface area contributed by atoms with E-state index in [-0.39, 0.29) is 6.42 Å². The van der Waals surface area contributed by atoms with Gasteiger partial charge in [0.2, 0.25) is 0 Å². The number of carbonyl (C=O) groups excluding carboxylic acids is 1. The molecule has 6 atom stereocenters. The number of carbonyl (C=O) groups is 2. The zero-order valence-electron chi connectivity index (χ0n) is 12.7. The molecule has 0 spiro atoms. The van der Waals surface area contributed by atoms with Crippen LogP contribution in [0, 0.1) is 0 Å². The molecule has 134 valence electrons. The Morgan fingerprint density at radius 3 is 2.52 bits per heavy atom. The first-order valence-corrected chi connectivity index (χ1v) is 7.22. The van der Waals surface area contributed by atoms with Crippen LogP contribution in [0.3, 0.4) is 0 Å². The van der Waals surface area contributed by atoms with Crippen molar-refractivity contribution in [2.75, 3.05) is 6.61 Å². The predicted octanol–water partition coefficient (Wildman–Crippen LogP) is -2.70. The fourth-order valence-electron chi connectivity index (χ4n) is 2.29. The van der Waals surface area contributed by atoms with Crippen LogP contribution in [0.2, 0.25) is 0 Å². The Morgan fingerprint density at radius 1 is 1.43 bits per heavy atom. The lowest BCUT2D eigenvalue weighted by Crippen LogP contribution is -2.66. The van der Waals surface area contributed by atoms with Gasteiger partial charge < -0.3 is 40.7 Å². The minimum atomic E-state index is -2.53. The van der Waals surface area contributed by atoms with Gasteiger partial charge in [0.25, 0.3) is 0 Å². The summed E-state index contributed by atoms with van der Waals surface area (Å²) in [7, 11) is 0. The topological polar surface area (TPSA) is 180 Å². The third kappa shape index (κ3) is 4.37. The molecule has 1 fully saturated rings. The molecular formula is C13H23NO9. The van der Waals surface area contributed by atoms with Crippen LogP contribution < -0.4 is 5.73 Å². The normalized spacial score (nSPS) is 33.7. The van der Waals surface area contributed by atoms with Gasteiger partial charge in [0, 0.05) is 6.42 Å². The standard InChI is InChI=1S/C13H23NO9/c1-2-3-8(18)22-13(12(20)21)4-6(16)9(14)11(23-13)10(19)7(17)5-15/h6-7,9-11,15-17,19H,2-5,14H2,1H3,(H,20,21)/t6-,7?,9+,10?,11+,13?/m0/s1. The minimum Gasteiger partial charge on any atom is -0.476 e. The van der Waals surface area contributed by atoms with E-state index in [4.69, 9.17) is 20.3 Å². The van der Waals surface area contributed by atoms with Gasteiger partial charge in [0.15, 0.2) is 0 Å². The van der Waals surface area contributed by atoms with Crippen molar-refractivity contribution in [3.05, 3.63) is 0 Å². The molecule has 0 aliphatic carbocycles. The van der Waals surface area contributed by atoms with Gasteiger partial charge >= 0.3 is 17.7 Å². The van der Waals surface area contributed by atoms with Crippen LogP contribution in [0.1, 0.15) is 26.2 Å². The summed E-state index contributed by atoms with van der Waals surface area (Å²) in [6.45, 7) is 0.852. The second-order valence-corrected chi connectivity index (χ2v) is 5.45. The van der Waals surface area contributed by atoms with Gasteiger partial charge in [0.1, 0.15) is 18.3 Å². The van der Waals surface area contributed by atoms with Gasteiger partial charge in [-0.3, -0.25) is 4.79 Å². The third-order valence-corrected chi connectivity index (χ3v) is 3.60. The van der Waals surface area contributed by atoms with Gasteiger partial charge in [-0.15, -0.1) is 0 Å². The van der Waals surface area contributed by atoms with Crippen LogP contribution in [0.25, 0.3) is 0 Å². The number of aliphatic hydroxyl groups excluding tert-OH is 4. The number of carboxylic acid groups (broad SMARTS) is 1. The van der Waals surface area contributed by atoms with Crippen molar-refractivity contribution < 1.29 is 44.6 Å². The highest BCUT2D eigenvalue weighted by Gasteiger charge is 2.56. The molecule has 0 saturated carbocycles. The van der Waals surface area contributed by atoms with E-state index < -0.39 is 61.2 Å². The molecule has 0 aromatic heterocycles. The number of hydrogen-bond acceptors (Lipinski definition) is 9. The highest BCUT2D eigenvalue weighted by atomic mass is 16.7. The summed E-state index contributed by atoms with van der Waals surface area (Å²) in [4.78, 5) is 23.2. The lowest BCUT2D eigenvalue weighted by molar-refractivity contribution is -0.299. The zero-order chi connectivity index (χ0) is 17.8. The molecule has 3 unspecified atom stereocenters. The van der Waals surface area contributed by atoms with Crippen LogP contribution in [-0.4, -0.2) is 80.3 Å². The minimum absolute atomic E-state index is 0.0625. The molecular weight excluding hydrogens is 314 g/mol. The second-order valence-electron chi connectivity index (χ2n) is 5.45. The Balaban J connectivity index is 3.07. The highest BCUT2D eigenvalue weighted by Crippen LogP contribution is 2.33. The fraction of sp³-hybridized carbons (Fsp3) is 0.846. The SMILES string of the molecule is CCCC(=O)OC1(C(=O)O)C[C@H](O)[C@@H](N)[C@H](C(O)C(O)CO)O1. The average Bonchev–Trinajstić information content (AvgIpc) is 2.49. The maximum absolute atomic E-state index is 11.6. The van der Waals surface area contributed by atoms with E-state index in [0.717, 1.165) is 0 Å². The monoisotopic (exact) mass is 337 g/mol. The maximum Gasteiger partial charge on any atom is 0.377 e. The molecule has 10 nitrogen and oxygen atoms in total. The van der Waals surface area contributed by atoms with E-state index in [1.165, 1.54) is 0 Å². The van der Waals surface area contributed by atoms with Crippen LogP contribution in [0.5, 0.6) is 0 Å². The summed E-state index contributed by atoms with van der Waals surface area (Å²) in [5, 5.41) is 47.6. The first-order chi connectivity index (χ1) is 10.7. The Labute approximate surface area is 132 Å². The molecule has 0 aromatic carbocycles. The number of carboxylic acids is 1. The molecule has 0 amide bonds. The van der Waals surface area contributed by atoms with Crippen LogP contribution in [-0.2, 0) is 19.1 Å². The fourth-order valence-corrected chi connectivity index (χ4v) is 2.29. The smallest absolute Gasteiger partial charge is 0.377 e. The molecule has 1 heterocycles. The quantitative estimate of drug-likeness (QED) is 0.268. The molecule has 1 aliphatic rings. The van der Waals surface area contributed by atoms with Crippen molar-refractivity contribution in [3.63, 3.8) is 0 Å². The van der Waals surface area contributed by atoms with Gasteiger partial charge in [0.05, 0.1) is 25.2 Å². The average molecular weight is 337 g/mol. The van der Waals surface area contributed by atoms with Crippen molar-refractivity contribution in [2.45, 2.75) is 62.4 Å². The van der Waals surface area contributed by atoms with Gasteiger partial charge in [-0.2, -0.15) is 0 Å². The summed E-state index contributed by atoms with van der Waals surface area (Å²) in [6.07, 6.45) is -6.77. The van der Waals surface area contributed by atoms with E-state index in [1.807, 2.05) is 0 Å². The molecule has 1 saturated heterocycles. The molecule has 23 heavy (non-hydrogen) atoms. The summed E-state index contributed by atoms with van der Waals surface area (Å²) < 4.78 is 10.0. The third-order valence-electron chi connectivity index (χ3n) is 3.60. The Hall–Kier alpha value is -1.30. The van der Waals surface area contributed by atoms with Crippen molar-refractivity contribution in [1.29, 1.82) is 0 Å². The number of rotatable bonds is 7. The number of hydrogen-bond donors (Lipinski definition) is 6. The first-order valence-electron chi connectivity index (χ1n) is 7.22. The number of aliphatic hydroxyl groups is 4. The Bertz CT molecular complexity index is 432. The van der Waals surface area contributed by atoms with Crippen molar-refractivity contribution in [1.82, 2.24) is 0 Å². The van der Waals surface area contributed by atoms with Gasteiger partial charge in [-0.1, -0.05) is 6.92 Å².